The van der Waals surface area contributed by atoms with E-state index in [9.17, 15) is 26.4 Å². The van der Waals surface area contributed by atoms with Crippen LogP contribution in [-0.4, -0.2) is 33.8 Å². The largest absolute Gasteiger partial charge is 0.495 e. The molecule has 3 rings (SSSR count). The molecule has 210 valence electrons. The Morgan fingerprint density at radius 1 is 0.923 bits per heavy atom. The first-order chi connectivity index (χ1) is 18.2. The zero-order valence-corrected chi connectivity index (χ0v) is 23.1. The summed E-state index contributed by atoms with van der Waals surface area (Å²) in [5.41, 5.74) is -0.0374. The fraction of sp³-hybridized carbons (Fsp3) is 0.345. The number of hydrogen-bond acceptors (Lipinski definition) is 5. The van der Waals surface area contributed by atoms with E-state index in [0.29, 0.717) is 24.9 Å². The number of aryl methyl sites for hydroxylation is 1. The Hall–Kier alpha value is -3.53. The number of ether oxygens (including phenoxy) is 2. The molecule has 0 aliphatic carbocycles. The molecule has 6 nitrogen and oxygen atoms in total. The number of nitrogens with one attached hydrogen (secondary N) is 1. The molecule has 10 heteroatoms. The van der Waals surface area contributed by atoms with Crippen molar-refractivity contribution in [2.75, 3.05) is 13.7 Å². The molecule has 0 radical (unpaired) electrons. The number of sulfone groups is 1. The van der Waals surface area contributed by atoms with Crippen molar-refractivity contribution in [3.63, 3.8) is 0 Å². The van der Waals surface area contributed by atoms with Crippen molar-refractivity contribution in [3.05, 3.63) is 83.4 Å². The van der Waals surface area contributed by atoms with Crippen molar-refractivity contribution in [3.8, 4) is 16.9 Å². The SMILES string of the molecule is COc1ccc(-c2ccccc2C(F)(F)F)cc1S(=O)(=O)Cc1cccc(CCCNC(=O)OC(C)(C)C)c1. The van der Waals surface area contributed by atoms with E-state index in [0.717, 1.165) is 11.6 Å². The van der Waals surface area contributed by atoms with E-state index in [1.54, 1.807) is 39.0 Å². The van der Waals surface area contributed by atoms with Crippen LogP contribution in [-0.2, 0) is 32.9 Å². The Morgan fingerprint density at radius 3 is 2.28 bits per heavy atom. The Balaban J connectivity index is 1.78. The van der Waals surface area contributed by atoms with Gasteiger partial charge in [-0.1, -0.05) is 48.5 Å². The number of methoxy groups -OCH3 is 1. The molecule has 0 bridgehead atoms. The van der Waals surface area contributed by atoms with Crippen LogP contribution in [0.25, 0.3) is 11.1 Å². The van der Waals surface area contributed by atoms with Gasteiger partial charge in [0, 0.05) is 6.54 Å². The molecule has 1 N–H and O–H groups in total. The molecule has 39 heavy (non-hydrogen) atoms. The molecule has 0 saturated heterocycles. The normalized spacial score (nSPS) is 12.2. The molecule has 0 fully saturated rings. The second kappa shape index (κ2) is 12.1. The number of hydrogen-bond donors (Lipinski definition) is 1. The van der Waals surface area contributed by atoms with Gasteiger partial charge in [0.15, 0.2) is 9.84 Å². The molecule has 0 atom stereocenters. The van der Waals surface area contributed by atoms with Crippen LogP contribution in [0.5, 0.6) is 5.75 Å². The highest BCUT2D eigenvalue weighted by Gasteiger charge is 2.33. The first-order valence-electron chi connectivity index (χ1n) is 12.3. The van der Waals surface area contributed by atoms with Crippen LogP contribution in [0.4, 0.5) is 18.0 Å². The smallest absolute Gasteiger partial charge is 0.417 e. The van der Waals surface area contributed by atoms with E-state index in [1.165, 1.54) is 43.5 Å². The summed E-state index contributed by atoms with van der Waals surface area (Å²) < 4.78 is 78.1. The summed E-state index contributed by atoms with van der Waals surface area (Å²) in [6.45, 7) is 5.72. The highest BCUT2D eigenvalue weighted by molar-refractivity contribution is 7.90. The van der Waals surface area contributed by atoms with Gasteiger partial charge in [0.2, 0.25) is 0 Å². The van der Waals surface area contributed by atoms with Crippen molar-refractivity contribution >= 4 is 15.9 Å². The molecule has 0 aromatic heterocycles. The number of alkyl halides is 3. The minimum atomic E-state index is -4.60. The molecule has 3 aromatic carbocycles. The van der Waals surface area contributed by atoms with Gasteiger partial charge in [0.25, 0.3) is 0 Å². The fourth-order valence-electron chi connectivity index (χ4n) is 4.04. The van der Waals surface area contributed by atoms with Gasteiger partial charge in [0.1, 0.15) is 16.2 Å². The summed E-state index contributed by atoms with van der Waals surface area (Å²) in [6.07, 6.45) is -3.89. The maximum absolute atomic E-state index is 13.6. The summed E-state index contributed by atoms with van der Waals surface area (Å²) in [4.78, 5) is 11.6. The zero-order valence-electron chi connectivity index (χ0n) is 22.3. The van der Waals surface area contributed by atoms with E-state index in [-0.39, 0.29) is 27.5 Å². The molecule has 0 aliphatic rings. The van der Waals surface area contributed by atoms with E-state index >= 15 is 0 Å². The maximum atomic E-state index is 13.6. The van der Waals surface area contributed by atoms with Gasteiger partial charge in [-0.15, -0.1) is 0 Å². The number of carbonyl (C=O) groups is 1. The Bertz CT molecular complexity index is 1410. The number of rotatable bonds is 9. The third kappa shape index (κ3) is 8.48. The van der Waals surface area contributed by atoms with Crippen molar-refractivity contribution in [1.29, 1.82) is 0 Å². The van der Waals surface area contributed by atoms with Crippen molar-refractivity contribution in [1.82, 2.24) is 5.32 Å². The third-order valence-corrected chi connectivity index (χ3v) is 7.40. The van der Waals surface area contributed by atoms with Gasteiger partial charge in [-0.05, 0) is 74.1 Å². The quantitative estimate of drug-likeness (QED) is 0.289. The molecule has 0 unspecified atom stereocenters. The van der Waals surface area contributed by atoms with Crippen LogP contribution in [0.1, 0.15) is 43.9 Å². The van der Waals surface area contributed by atoms with E-state index in [4.69, 9.17) is 9.47 Å². The Kier molecular flexibility index (Phi) is 9.32. The van der Waals surface area contributed by atoms with Crippen LogP contribution in [0.3, 0.4) is 0 Å². The van der Waals surface area contributed by atoms with E-state index in [2.05, 4.69) is 5.32 Å². The molecule has 3 aromatic rings. The van der Waals surface area contributed by atoms with Gasteiger partial charge >= 0.3 is 12.3 Å². The van der Waals surface area contributed by atoms with Crippen molar-refractivity contribution < 1.29 is 35.9 Å². The van der Waals surface area contributed by atoms with E-state index in [1.807, 2.05) is 6.07 Å². The average Bonchev–Trinajstić information content (AvgIpc) is 2.84. The Morgan fingerprint density at radius 2 is 1.62 bits per heavy atom. The lowest BCUT2D eigenvalue weighted by Crippen LogP contribution is -2.33. The summed E-state index contributed by atoms with van der Waals surface area (Å²) in [6, 6.07) is 16.1. The Labute approximate surface area is 227 Å². The summed E-state index contributed by atoms with van der Waals surface area (Å²) in [5, 5.41) is 2.69. The monoisotopic (exact) mass is 563 g/mol. The minimum Gasteiger partial charge on any atom is -0.495 e. The molecular weight excluding hydrogens is 531 g/mol. The number of halogens is 3. The minimum absolute atomic E-state index is 0.0487. The van der Waals surface area contributed by atoms with Crippen LogP contribution < -0.4 is 10.1 Å². The van der Waals surface area contributed by atoms with Crippen LogP contribution in [0, 0.1) is 0 Å². The second-order valence-corrected chi connectivity index (χ2v) is 12.0. The van der Waals surface area contributed by atoms with Crippen molar-refractivity contribution in [2.45, 2.75) is 56.0 Å². The highest BCUT2D eigenvalue weighted by Crippen LogP contribution is 2.39. The van der Waals surface area contributed by atoms with Crippen LogP contribution >= 0.6 is 0 Å². The van der Waals surface area contributed by atoms with Gasteiger partial charge in [-0.25, -0.2) is 13.2 Å². The van der Waals surface area contributed by atoms with Crippen LogP contribution in [0.2, 0.25) is 0 Å². The summed E-state index contributed by atoms with van der Waals surface area (Å²) >= 11 is 0. The number of benzene rings is 3. The third-order valence-electron chi connectivity index (χ3n) is 5.70. The molecule has 0 heterocycles. The highest BCUT2D eigenvalue weighted by atomic mass is 32.2. The predicted octanol–water partition coefficient (Wildman–Crippen LogP) is 6.81. The maximum Gasteiger partial charge on any atom is 0.417 e. The predicted molar refractivity (Wildman–Crippen MR) is 143 cm³/mol. The number of alkyl carbamates (subject to hydrolysis) is 1. The first kappa shape index (κ1) is 30.0. The molecule has 0 aliphatic heterocycles. The van der Waals surface area contributed by atoms with Crippen molar-refractivity contribution in [2.24, 2.45) is 0 Å². The lowest BCUT2D eigenvalue weighted by atomic mass is 9.99. The standard InChI is InChI=1S/C29H32F3NO5S/c1-28(2,3)38-27(34)33-16-8-11-20-9-7-10-21(17-20)19-39(35,36)26-18-22(14-15-25(26)37-4)23-12-5-6-13-24(23)29(30,31)32/h5-7,9-10,12-15,17-18H,8,11,16,19H2,1-4H3,(H,33,34). The van der Waals surface area contributed by atoms with Gasteiger partial charge < -0.3 is 14.8 Å². The topological polar surface area (TPSA) is 81.7 Å². The zero-order chi connectivity index (χ0) is 28.8. The molecule has 0 spiro atoms. The van der Waals surface area contributed by atoms with Gasteiger partial charge in [-0.2, -0.15) is 13.2 Å². The lowest BCUT2D eigenvalue weighted by molar-refractivity contribution is -0.137. The second-order valence-electron chi connectivity index (χ2n) is 10.0. The van der Waals surface area contributed by atoms with Crippen LogP contribution in [0.15, 0.2) is 71.6 Å². The summed E-state index contributed by atoms with van der Waals surface area (Å²) in [7, 11) is -2.68. The van der Waals surface area contributed by atoms with Gasteiger partial charge in [-0.3, -0.25) is 0 Å². The first-order valence-corrected chi connectivity index (χ1v) is 14.0. The fourth-order valence-corrected chi connectivity index (χ4v) is 5.58. The molecular formula is C29H32F3NO5S. The number of carbonyl (C=O) groups excluding carboxylic acids is 1. The number of amides is 1. The summed E-state index contributed by atoms with van der Waals surface area (Å²) in [5.74, 6) is -0.315. The molecule has 1 amide bonds. The van der Waals surface area contributed by atoms with E-state index < -0.39 is 33.3 Å². The average molecular weight is 564 g/mol. The lowest BCUT2D eigenvalue weighted by Gasteiger charge is -2.19. The molecule has 0 saturated carbocycles. The van der Waals surface area contributed by atoms with Gasteiger partial charge in [0.05, 0.1) is 18.4 Å².